The predicted molar refractivity (Wildman–Crippen MR) is 118 cm³/mol. The quantitative estimate of drug-likeness (QED) is 0.628. The fourth-order valence-corrected chi connectivity index (χ4v) is 4.58. The summed E-state index contributed by atoms with van der Waals surface area (Å²) in [6.45, 7) is 5.48. The zero-order chi connectivity index (χ0) is 22.3. The van der Waals surface area contributed by atoms with Crippen LogP contribution in [-0.4, -0.2) is 76.6 Å². The van der Waals surface area contributed by atoms with Gasteiger partial charge in [-0.2, -0.15) is 4.72 Å². The van der Waals surface area contributed by atoms with Crippen LogP contribution >= 0.6 is 0 Å². The van der Waals surface area contributed by atoms with Gasteiger partial charge in [-0.05, 0) is 43.3 Å². The molecule has 0 radical (unpaired) electrons. The lowest BCUT2D eigenvalue weighted by Gasteiger charge is -2.35. The minimum Gasteiger partial charge on any atom is -0.497 e. The summed E-state index contributed by atoms with van der Waals surface area (Å²) in [5.41, 5.74) is 0. The highest BCUT2D eigenvalue weighted by molar-refractivity contribution is 7.89. The zero-order valence-corrected chi connectivity index (χ0v) is 18.7. The van der Waals surface area contributed by atoms with Crippen LogP contribution in [0.15, 0.2) is 59.5 Å². The van der Waals surface area contributed by atoms with Gasteiger partial charge in [-0.1, -0.05) is 18.2 Å². The molecule has 8 nitrogen and oxygen atoms in total. The fourth-order valence-electron chi connectivity index (χ4n) is 3.38. The van der Waals surface area contributed by atoms with Crippen LogP contribution in [-0.2, 0) is 14.8 Å². The smallest absolute Gasteiger partial charge is 0.241 e. The van der Waals surface area contributed by atoms with Crippen molar-refractivity contribution >= 4 is 15.9 Å². The van der Waals surface area contributed by atoms with Gasteiger partial charge in [0.25, 0.3) is 0 Å². The fraction of sp³-hybridized carbons (Fsp3) is 0.409. The van der Waals surface area contributed by atoms with Gasteiger partial charge in [-0.25, -0.2) is 8.42 Å². The summed E-state index contributed by atoms with van der Waals surface area (Å²) in [7, 11) is -2.28. The standard InChI is InChI=1S/C22H29N3O5S/c1-18(23-31(27,28)21-10-8-19(29-2)9-11-21)22(26)25-14-12-24(13-15-25)16-17-30-20-6-4-3-5-7-20/h3-11,18,23H,12-17H2,1-2H3/t18-/m0/s1. The molecule has 0 saturated carbocycles. The van der Waals surface area contributed by atoms with Crippen molar-refractivity contribution in [1.29, 1.82) is 0 Å². The number of benzene rings is 2. The van der Waals surface area contributed by atoms with E-state index >= 15 is 0 Å². The molecule has 2 aromatic rings. The number of nitrogens with one attached hydrogen (secondary N) is 1. The highest BCUT2D eigenvalue weighted by Gasteiger charge is 2.28. The Morgan fingerprint density at radius 3 is 2.26 bits per heavy atom. The van der Waals surface area contributed by atoms with Crippen molar-refractivity contribution in [3.05, 3.63) is 54.6 Å². The molecular weight excluding hydrogens is 418 g/mol. The predicted octanol–water partition coefficient (Wildman–Crippen LogP) is 1.59. The van der Waals surface area contributed by atoms with Crippen LogP contribution in [0.3, 0.4) is 0 Å². The Morgan fingerprint density at radius 2 is 1.65 bits per heavy atom. The summed E-state index contributed by atoms with van der Waals surface area (Å²) in [6, 6.07) is 14.9. The number of methoxy groups -OCH3 is 1. The van der Waals surface area contributed by atoms with Gasteiger partial charge in [0, 0.05) is 32.7 Å². The normalized spacial score (nSPS) is 16.0. The molecule has 0 bridgehead atoms. The largest absolute Gasteiger partial charge is 0.497 e. The van der Waals surface area contributed by atoms with Gasteiger partial charge >= 0.3 is 0 Å². The maximum Gasteiger partial charge on any atom is 0.241 e. The van der Waals surface area contributed by atoms with E-state index in [1.807, 2.05) is 30.3 Å². The Labute approximate surface area is 183 Å². The monoisotopic (exact) mass is 447 g/mol. The Bertz CT molecular complexity index is 943. The summed E-state index contributed by atoms with van der Waals surface area (Å²) in [4.78, 5) is 16.8. The number of para-hydroxylation sites is 1. The number of sulfonamides is 1. The van der Waals surface area contributed by atoms with Crippen molar-refractivity contribution < 1.29 is 22.7 Å². The van der Waals surface area contributed by atoms with Crippen LogP contribution < -0.4 is 14.2 Å². The molecule has 9 heteroatoms. The van der Waals surface area contributed by atoms with Crippen LogP contribution in [0.2, 0.25) is 0 Å². The first-order chi connectivity index (χ1) is 14.9. The molecule has 0 aliphatic carbocycles. The van der Waals surface area contributed by atoms with Crippen LogP contribution in [0.25, 0.3) is 0 Å². The summed E-state index contributed by atoms with van der Waals surface area (Å²) >= 11 is 0. The molecule has 1 amide bonds. The first kappa shape index (κ1) is 23.1. The molecule has 1 aliphatic heterocycles. The number of hydrogen-bond acceptors (Lipinski definition) is 6. The van der Waals surface area contributed by atoms with Crippen molar-refractivity contribution in [3.63, 3.8) is 0 Å². The number of carbonyl (C=O) groups is 1. The van der Waals surface area contributed by atoms with Crippen LogP contribution in [0.1, 0.15) is 6.92 Å². The lowest BCUT2D eigenvalue weighted by Crippen LogP contribution is -2.54. The molecule has 1 saturated heterocycles. The molecule has 168 valence electrons. The van der Waals surface area contributed by atoms with E-state index in [1.54, 1.807) is 24.0 Å². The first-order valence-corrected chi connectivity index (χ1v) is 11.7. The molecule has 31 heavy (non-hydrogen) atoms. The molecule has 1 atom stereocenters. The number of amides is 1. The number of carbonyl (C=O) groups excluding carboxylic acids is 1. The van der Waals surface area contributed by atoms with Crippen molar-refractivity contribution in [1.82, 2.24) is 14.5 Å². The van der Waals surface area contributed by atoms with E-state index in [4.69, 9.17) is 9.47 Å². The summed E-state index contributed by atoms with van der Waals surface area (Å²) in [5, 5.41) is 0. The van der Waals surface area contributed by atoms with Crippen LogP contribution in [0.5, 0.6) is 11.5 Å². The van der Waals surface area contributed by atoms with Crippen molar-refractivity contribution in [2.45, 2.75) is 17.9 Å². The number of nitrogens with zero attached hydrogens (tertiary/aromatic N) is 2. The second-order valence-corrected chi connectivity index (χ2v) is 9.06. The van der Waals surface area contributed by atoms with Gasteiger partial charge < -0.3 is 14.4 Å². The third-order valence-corrected chi connectivity index (χ3v) is 6.73. The highest BCUT2D eigenvalue weighted by atomic mass is 32.2. The van der Waals surface area contributed by atoms with Crippen LogP contribution in [0.4, 0.5) is 0 Å². The summed E-state index contributed by atoms with van der Waals surface area (Å²) < 4.78 is 38.4. The molecule has 1 fully saturated rings. The van der Waals surface area contributed by atoms with E-state index in [1.165, 1.54) is 19.2 Å². The minimum absolute atomic E-state index is 0.0937. The van der Waals surface area contributed by atoms with E-state index in [2.05, 4.69) is 9.62 Å². The van der Waals surface area contributed by atoms with Gasteiger partial charge in [0.05, 0.1) is 18.0 Å². The lowest BCUT2D eigenvalue weighted by molar-refractivity contribution is -0.134. The minimum atomic E-state index is -3.80. The molecule has 0 unspecified atom stereocenters. The second-order valence-electron chi connectivity index (χ2n) is 7.35. The molecule has 0 aromatic heterocycles. The van der Waals surface area contributed by atoms with Crippen LogP contribution in [0, 0.1) is 0 Å². The van der Waals surface area contributed by atoms with E-state index in [0.29, 0.717) is 25.4 Å². The number of ether oxygens (including phenoxy) is 2. The SMILES string of the molecule is COc1ccc(S(=O)(=O)N[C@@H](C)C(=O)N2CCN(CCOc3ccccc3)CC2)cc1. The second kappa shape index (κ2) is 10.6. The topological polar surface area (TPSA) is 88.2 Å². The van der Waals surface area contributed by atoms with Crippen molar-refractivity contribution in [2.24, 2.45) is 0 Å². The maximum absolute atomic E-state index is 12.7. The molecule has 1 N–H and O–H groups in total. The third-order valence-electron chi connectivity index (χ3n) is 5.18. The molecule has 2 aromatic carbocycles. The number of piperazine rings is 1. The summed E-state index contributed by atoms with van der Waals surface area (Å²) in [6.07, 6.45) is 0. The van der Waals surface area contributed by atoms with Crippen molar-refractivity contribution in [3.8, 4) is 11.5 Å². The van der Waals surface area contributed by atoms with Gasteiger partial charge in [0.1, 0.15) is 18.1 Å². The average Bonchev–Trinajstić information content (AvgIpc) is 2.79. The lowest BCUT2D eigenvalue weighted by atomic mass is 10.2. The molecular formula is C22H29N3O5S. The molecule has 3 rings (SSSR count). The highest BCUT2D eigenvalue weighted by Crippen LogP contribution is 2.16. The molecule has 0 spiro atoms. The van der Waals surface area contributed by atoms with E-state index in [-0.39, 0.29) is 10.8 Å². The maximum atomic E-state index is 12.7. The zero-order valence-electron chi connectivity index (χ0n) is 17.9. The van der Waals surface area contributed by atoms with Crippen molar-refractivity contribution in [2.75, 3.05) is 46.4 Å². The summed E-state index contributed by atoms with van der Waals surface area (Å²) in [5.74, 6) is 1.18. The third kappa shape index (κ3) is 6.43. The van der Waals surface area contributed by atoms with Gasteiger partial charge in [-0.15, -0.1) is 0 Å². The van der Waals surface area contributed by atoms with Gasteiger partial charge in [-0.3, -0.25) is 9.69 Å². The average molecular weight is 448 g/mol. The first-order valence-electron chi connectivity index (χ1n) is 10.2. The Morgan fingerprint density at radius 1 is 1.00 bits per heavy atom. The molecule has 1 heterocycles. The Balaban J connectivity index is 1.44. The number of hydrogen-bond donors (Lipinski definition) is 1. The van der Waals surface area contributed by atoms with E-state index in [0.717, 1.165) is 25.4 Å². The Kier molecular flexibility index (Phi) is 7.89. The van der Waals surface area contributed by atoms with E-state index in [9.17, 15) is 13.2 Å². The van der Waals surface area contributed by atoms with E-state index < -0.39 is 16.1 Å². The van der Waals surface area contributed by atoms with Gasteiger partial charge in [0.15, 0.2) is 0 Å². The Hall–Kier alpha value is -2.62. The number of rotatable bonds is 9. The van der Waals surface area contributed by atoms with Gasteiger partial charge in [0.2, 0.25) is 15.9 Å². The molecule has 1 aliphatic rings.